The Kier molecular flexibility index (Phi) is 8.18. The molecule has 1 atom stereocenters. The van der Waals surface area contributed by atoms with Crippen molar-refractivity contribution in [3.05, 3.63) is 12.2 Å². The number of ketones is 1. The van der Waals surface area contributed by atoms with Gasteiger partial charge in [-0.05, 0) is 32.7 Å². The number of nitrogens with one attached hydrogen (secondary N) is 2. The fourth-order valence-electron chi connectivity index (χ4n) is 2.35. The van der Waals surface area contributed by atoms with Crippen molar-refractivity contribution in [1.82, 2.24) is 15.5 Å². The van der Waals surface area contributed by atoms with Crippen molar-refractivity contribution in [3.63, 3.8) is 0 Å². The first-order chi connectivity index (χ1) is 11.0. The predicted molar refractivity (Wildman–Crippen MR) is 85.5 cm³/mol. The second-order valence-corrected chi connectivity index (χ2v) is 5.48. The summed E-state index contributed by atoms with van der Waals surface area (Å²) in [6.07, 6.45) is 4.88. The molecule has 0 saturated carbocycles. The highest BCUT2D eigenvalue weighted by molar-refractivity contribution is 6.13. The van der Waals surface area contributed by atoms with Gasteiger partial charge in [0.15, 0.2) is 0 Å². The Hall–Kier alpha value is -2.02. The van der Waals surface area contributed by atoms with Gasteiger partial charge < -0.3 is 10.6 Å². The molecule has 1 rings (SSSR count). The minimum absolute atomic E-state index is 0.101. The predicted octanol–water partition coefficient (Wildman–Crippen LogP) is 0.155. The highest BCUT2D eigenvalue weighted by Crippen LogP contribution is 2.04. The summed E-state index contributed by atoms with van der Waals surface area (Å²) in [6.45, 7) is 4.91. The second-order valence-electron chi connectivity index (χ2n) is 5.48. The summed E-state index contributed by atoms with van der Waals surface area (Å²) in [4.78, 5) is 46.7. The number of Topliss-reactive ketones (excluding diaryl/α,β-unsaturated/α-hetero) is 1. The maximum atomic E-state index is 11.7. The summed E-state index contributed by atoms with van der Waals surface area (Å²) >= 11 is 0. The number of hydrogen-bond acceptors (Lipinski definition) is 5. The Labute approximate surface area is 136 Å². The lowest BCUT2D eigenvalue weighted by atomic mass is 10.1. The highest BCUT2D eigenvalue weighted by atomic mass is 16.2. The SMILES string of the molecule is CCNC(CCCCNC(=O)CCN1C(=O)C=CC1=O)C(C)=O. The number of carbonyl (C=O) groups is 4. The number of nitrogens with zero attached hydrogens (tertiary/aromatic N) is 1. The molecule has 7 nitrogen and oxygen atoms in total. The van der Waals surface area contributed by atoms with Crippen LogP contribution in [0.25, 0.3) is 0 Å². The summed E-state index contributed by atoms with van der Waals surface area (Å²) in [7, 11) is 0. The molecule has 23 heavy (non-hydrogen) atoms. The first-order valence-corrected chi connectivity index (χ1v) is 7.99. The van der Waals surface area contributed by atoms with E-state index in [1.165, 1.54) is 12.2 Å². The number of amides is 3. The van der Waals surface area contributed by atoms with Gasteiger partial charge in [0.05, 0.1) is 6.04 Å². The fourth-order valence-corrected chi connectivity index (χ4v) is 2.35. The number of unbranched alkanes of at least 4 members (excludes halogenated alkanes) is 1. The van der Waals surface area contributed by atoms with E-state index in [1.54, 1.807) is 6.92 Å². The molecule has 2 N–H and O–H groups in total. The van der Waals surface area contributed by atoms with Crippen LogP contribution in [-0.2, 0) is 19.2 Å². The molecule has 0 aliphatic carbocycles. The first-order valence-electron chi connectivity index (χ1n) is 7.99. The van der Waals surface area contributed by atoms with Crippen molar-refractivity contribution in [2.45, 2.75) is 45.6 Å². The molecule has 0 radical (unpaired) electrons. The molecule has 0 saturated heterocycles. The van der Waals surface area contributed by atoms with E-state index in [1.807, 2.05) is 6.92 Å². The lowest BCUT2D eigenvalue weighted by Crippen LogP contribution is -2.36. The van der Waals surface area contributed by atoms with Gasteiger partial charge in [-0.15, -0.1) is 0 Å². The van der Waals surface area contributed by atoms with E-state index in [0.717, 1.165) is 30.7 Å². The molecule has 7 heteroatoms. The summed E-state index contributed by atoms with van der Waals surface area (Å²) in [5.74, 6) is -0.806. The quantitative estimate of drug-likeness (QED) is 0.417. The number of carbonyl (C=O) groups excluding carboxylic acids is 4. The van der Waals surface area contributed by atoms with E-state index < -0.39 is 0 Å². The van der Waals surface area contributed by atoms with Crippen molar-refractivity contribution in [2.75, 3.05) is 19.6 Å². The summed E-state index contributed by atoms with van der Waals surface area (Å²) in [5, 5.41) is 5.89. The normalized spacial score (nSPS) is 15.1. The summed E-state index contributed by atoms with van der Waals surface area (Å²) in [6, 6.07) is -0.115. The van der Waals surface area contributed by atoms with Crippen LogP contribution in [-0.4, -0.2) is 54.1 Å². The van der Waals surface area contributed by atoms with Gasteiger partial charge in [0.2, 0.25) is 5.91 Å². The topological polar surface area (TPSA) is 95.6 Å². The van der Waals surface area contributed by atoms with Crippen molar-refractivity contribution < 1.29 is 19.2 Å². The lowest BCUT2D eigenvalue weighted by molar-refractivity contribution is -0.137. The number of imide groups is 1. The van der Waals surface area contributed by atoms with Crippen LogP contribution < -0.4 is 10.6 Å². The second kappa shape index (κ2) is 9.89. The third-order valence-electron chi connectivity index (χ3n) is 3.65. The minimum atomic E-state index is -0.374. The van der Waals surface area contributed by atoms with E-state index in [9.17, 15) is 19.2 Å². The molecule has 0 spiro atoms. The minimum Gasteiger partial charge on any atom is -0.356 e. The number of hydrogen-bond donors (Lipinski definition) is 2. The van der Waals surface area contributed by atoms with Crippen LogP contribution in [0.15, 0.2) is 12.2 Å². The molecule has 0 bridgehead atoms. The zero-order valence-corrected chi connectivity index (χ0v) is 13.8. The van der Waals surface area contributed by atoms with E-state index in [4.69, 9.17) is 0 Å². The molecule has 0 aromatic heterocycles. The van der Waals surface area contributed by atoms with Crippen molar-refractivity contribution >= 4 is 23.5 Å². The maximum Gasteiger partial charge on any atom is 0.253 e. The smallest absolute Gasteiger partial charge is 0.253 e. The van der Waals surface area contributed by atoms with Crippen LogP contribution in [0, 0.1) is 0 Å². The fraction of sp³-hybridized carbons (Fsp3) is 0.625. The van der Waals surface area contributed by atoms with Gasteiger partial charge in [0, 0.05) is 31.7 Å². The number of likely N-dealkylation sites (N-methyl/N-ethyl adjacent to an activating group) is 1. The van der Waals surface area contributed by atoms with Gasteiger partial charge in [-0.1, -0.05) is 6.92 Å². The Balaban J connectivity index is 2.11. The van der Waals surface area contributed by atoms with Gasteiger partial charge in [0.1, 0.15) is 5.78 Å². The van der Waals surface area contributed by atoms with Crippen molar-refractivity contribution in [2.24, 2.45) is 0 Å². The monoisotopic (exact) mass is 323 g/mol. The van der Waals surface area contributed by atoms with Crippen LogP contribution in [0.4, 0.5) is 0 Å². The zero-order valence-electron chi connectivity index (χ0n) is 13.8. The standard InChI is InChI=1S/C16H25N3O4/c1-3-17-13(12(2)20)6-4-5-10-18-14(21)9-11-19-15(22)7-8-16(19)23/h7-8,13,17H,3-6,9-11H2,1-2H3,(H,18,21). The third-order valence-corrected chi connectivity index (χ3v) is 3.65. The van der Waals surface area contributed by atoms with Gasteiger partial charge in [0.25, 0.3) is 11.8 Å². The van der Waals surface area contributed by atoms with E-state index >= 15 is 0 Å². The van der Waals surface area contributed by atoms with E-state index in [0.29, 0.717) is 6.54 Å². The van der Waals surface area contributed by atoms with Gasteiger partial charge in [-0.3, -0.25) is 24.1 Å². The van der Waals surface area contributed by atoms with E-state index in [-0.39, 0.29) is 42.5 Å². The van der Waals surface area contributed by atoms with Crippen molar-refractivity contribution in [3.8, 4) is 0 Å². The van der Waals surface area contributed by atoms with Gasteiger partial charge in [-0.2, -0.15) is 0 Å². The molecular formula is C16H25N3O4. The molecule has 0 aromatic rings. The van der Waals surface area contributed by atoms with Crippen LogP contribution in [0.3, 0.4) is 0 Å². The molecule has 1 heterocycles. The Morgan fingerprint density at radius 2 is 1.83 bits per heavy atom. The molecule has 0 fully saturated rings. The van der Waals surface area contributed by atoms with Crippen molar-refractivity contribution in [1.29, 1.82) is 0 Å². The molecule has 1 unspecified atom stereocenters. The lowest BCUT2D eigenvalue weighted by Gasteiger charge is -2.15. The molecule has 128 valence electrons. The molecule has 3 amide bonds. The van der Waals surface area contributed by atoms with Gasteiger partial charge >= 0.3 is 0 Å². The largest absolute Gasteiger partial charge is 0.356 e. The third kappa shape index (κ3) is 6.73. The summed E-state index contributed by atoms with van der Waals surface area (Å²) < 4.78 is 0. The Bertz CT molecular complexity index is 470. The molecule has 0 aromatic carbocycles. The molecule has 1 aliphatic rings. The van der Waals surface area contributed by atoms with Gasteiger partial charge in [-0.25, -0.2) is 0 Å². The van der Waals surface area contributed by atoms with E-state index in [2.05, 4.69) is 10.6 Å². The first kappa shape index (κ1) is 19.0. The maximum absolute atomic E-state index is 11.7. The average molecular weight is 323 g/mol. The van der Waals surface area contributed by atoms with Crippen LogP contribution in [0.5, 0.6) is 0 Å². The summed E-state index contributed by atoms with van der Waals surface area (Å²) in [5.41, 5.74) is 0. The molecular weight excluding hydrogens is 298 g/mol. The van der Waals surface area contributed by atoms with Crippen LogP contribution in [0.2, 0.25) is 0 Å². The van der Waals surface area contributed by atoms with Crippen LogP contribution in [0.1, 0.15) is 39.5 Å². The van der Waals surface area contributed by atoms with Crippen LogP contribution >= 0.6 is 0 Å². The zero-order chi connectivity index (χ0) is 17.2. The highest BCUT2D eigenvalue weighted by Gasteiger charge is 2.23. The molecule has 1 aliphatic heterocycles. The Morgan fingerprint density at radius 3 is 2.39 bits per heavy atom. The Morgan fingerprint density at radius 1 is 1.17 bits per heavy atom. The number of rotatable bonds is 11. The average Bonchev–Trinajstić information content (AvgIpc) is 2.82.